The first-order valence-corrected chi connectivity index (χ1v) is 4.27. The zero-order chi connectivity index (χ0) is 10.7. The van der Waals surface area contributed by atoms with Gasteiger partial charge in [-0.05, 0) is 20.8 Å². The Labute approximate surface area is 79.2 Å². The van der Waals surface area contributed by atoms with Crippen molar-refractivity contribution < 1.29 is 19.1 Å². The van der Waals surface area contributed by atoms with Gasteiger partial charge < -0.3 is 9.47 Å². The van der Waals surface area contributed by atoms with Gasteiger partial charge in [-0.25, -0.2) is 0 Å². The molecule has 78 valence electrons. The molecule has 0 radical (unpaired) electrons. The van der Waals surface area contributed by atoms with Crippen molar-refractivity contribution in [1.82, 2.24) is 0 Å². The third-order valence-electron chi connectivity index (χ3n) is 0.969. The molecule has 0 saturated carbocycles. The van der Waals surface area contributed by atoms with Crippen LogP contribution in [0, 0.1) is 0 Å². The number of hydrogen-bond acceptors (Lipinski definition) is 4. The lowest BCUT2D eigenvalue weighted by atomic mass is 10.5. The van der Waals surface area contributed by atoms with Gasteiger partial charge in [-0.1, -0.05) is 0 Å². The molecule has 0 saturated heterocycles. The molecule has 0 N–H and O–H groups in total. The molecule has 4 nitrogen and oxygen atoms in total. The summed E-state index contributed by atoms with van der Waals surface area (Å²) in [6.45, 7) is 8.47. The van der Waals surface area contributed by atoms with Crippen LogP contribution in [0.3, 0.4) is 0 Å². The summed E-state index contributed by atoms with van der Waals surface area (Å²) in [7, 11) is 0. The molecule has 0 aromatic rings. The molecule has 0 atom stereocenters. The van der Waals surface area contributed by atoms with Crippen LogP contribution in [0.5, 0.6) is 0 Å². The van der Waals surface area contributed by atoms with Gasteiger partial charge in [-0.3, -0.25) is 9.59 Å². The van der Waals surface area contributed by atoms with Gasteiger partial charge in [0, 0.05) is 20.1 Å². The number of Topliss-reactive ketones (excluding diaryl/α,β-unsaturated/α-hetero) is 1. The summed E-state index contributed by atoms with van der Waals surface area (Å²) in [6.07, 6.45) is 0.241. The van der Waals surface area contributed by atoms with E-state index in [0.29, 0.717) is 0 Å². The van der Waals surface area contributed by atoms with Crippen LogP contribution in [0.2, 0.25) is 0 Å². The van der Waals surface area contributed by atoms with Crippen molar-refractivity contribution >= 4 is 12.1 Å². The average molecular weight is 190 g/mol. The van der Waals surface area contributed by atoms with Crippen LogP contribution in [-0.4, -0.2) is 31.6 Å². The zero-order valence-electron chi connectivity index (χ0n) is 8.70. The second-order valence-corrected chi connectivity index (χ2v) is 2.21. The maximum atomic E-state index is 9.44. The van der Waals surface area contributed by atoms with E-state index in [2.05, 4.69) is 0 Å². The Hall–Kier alpha value is -0.740. The van der Waals surface area contributed by atoms with Gasteiger partial charge in [-0.2, -0.15) is 0 Å². The molecule has 0 aliphatic heterocycles. The molecule has 0 unspecified atom stereocenters. The standard InChI is InChI=1S/C6H14O2.C3H4O2/c1-4-7-6(3)8-5-2;1-3(5)2-4/h6H,4-5H2,1-3H3;2H,1H3. The quantitative estimate of drug-likeness (QED) is 0.371. The SMILES string of the molecule is CC(=O)C=O.CCOC(C)OCC. The van der Waals surface area contributed by atoms with Crippen LogP contribution in [0.15, 0.2) is 0 Å². The first kappa shape index (κ1) is 14.8. The van der Waals surface area contributed by atoms with Crippen LogP contribution in [-0.2, 0) is 19.1 Å². The Kier molecular flexibility index (Phi) is 12.8. The van der Waals surface area contributed by atoms with Crippen molar-refractivity contribution in [3.05, 3.63) is 0 Å². The molecular weight excluding hydrogens is 172 g/mol. The molecule has 0 amide bonds. The van der Waals surface area contributed by atoms with Gasteiger partial charge in [0.15, 0.2) is 18.4 Å². The van der Waals surface area contributed by atoms with E-state index in [1.165, 1.54) is 6.92 Å². The number of ether oxygens (including phenoxy) is 2. The van der Waals surface area contributed by atoms with Crippen molar-refractivity contribution in [2.24, 2.45) is 0 Å². The fourth-order valence-corrected chi connectivity index (χ4v) is 0.518. The number of carbonyl (C=O) groups is 2. The van der Waals surface area contributed by atoms with Crippen LogP contribution < -0.4 is 0 Å². The van der Waals surface area contributed by atoms with Gasteiger partial charge >= 0.3 is 0 Å². The summed E-state index contributed by atoms with van der Waals surface area (Å²) < 4.78 is 10.1. The van der Waals surface area contributed by atoms with E-state index in [0.717, 1.165) is 13.2 Å². The molecule has 0 bridgehead atoms. The first-order chi connectivity index (χ1) is 6.08. The van der Waals surface area contributed by atoms with E-state index in [1.807, 2.05) is 20.8 Å². The normalized spacial score (nSPS) is 9.00. The summed E-state index contributed by atoms with van der Waals surface area (Å²) >= 11 is 0. The largest absolute Gasteiger partial charge is 0.353 e. The number of ketones is 1. The number of carbonyl (C=O) groups excluding carboxylic acids is 2. The molecule has 13 heavy (non-hydrogen) atoms. The highest BCUT2D eigenvalue weighted by molar-refractivity contribution is 6.23. The summed E-state index contributed by atoms with van der Waals surface area (Å²) in [4.78, 5) is 18.6. The van der Waals surface area contributed by atoms with Gasteiger partial charge in [0.2, 0.25) is 0 Å². The highest BCUT2D eigenvalue weighted by atomic mass is 16.7. The predicted octanol–water partition coefficient (Wildman–Crippen LogP) is 1.18. The average Bonchev–Trinajstić information content (AvgIpc) is 2.06. The number of rotatable bonds is 5. The number of hydrogen-bond donors (Lipinski definition) is 0. The molecule has 0 heterocycles. The summed E-state index contributed by atoms with van der Waals surface area (Å²) in [5.41, 5.74) is 0. The first-order valence-electron chi connectivity index (χ1n) is 4.27. The summed E-state index contributed by atoms with van der Waals surface area (Å²) in [6, 6.07) is 0. The van der Waals surface area contributed by atoms with Gasteiger partial charge in [0.1, 0.15) is 0 Å². The summed E-state index contributed by atoms with van der Waals surface area (Å²) in [5.74, 6) is -0.426. The van der Waals surface area contributed by atoms with E-state index in [-0.39, 0.29) is 12.6 Å². The lowest BCUT2D eigenvalue weighted by molar-refractivity contribution is -0.128. The topological polar surface area (TPSA) is 52.6 Å². The fraction of sp³-hybridized carbons (Fsp3) is 0.778. The Morgan fingerprint density at radius 3 is 1.77 bits per heavy atom. The predicted molar refractivity (Wildman–Crippen MR) is 49.5 cm³/mol. The minimum Gasteiger partial charge on any atom is -0.353 e. The van der Waals surface area contributed by atoms with E-state index in [1.54, 1.807) is 0 Å². The Morgan fingerprint density at radius 2 is 1.62 bits per heavy atom. The number of aldehydes is 1. The van der Waals surface area contributed by atoms with Crippen LogP contribution >= 0.6 is 0 Å². The maximum absolute atomic E-state index is 9.44. The molecule has 0 aliphatic carbocycles. The van der Waals surface area contributed by atoms with Crippen LogP contribution in [0.1, 0.15) is 27.7 Å². The second kappa shape index (κ2) is 11.3. The molecule has 0 aromatic carbocycles. The third-order valence-corrected chi connectivity index (χ3v) is 0.969. The molecule has 0 rings (SSSR count). The van der Waals surface area contributed by atoms with E-state index in [9.17, 15) is 4.79 Å². The van der Waals surface area contributed by atoms with Gasteiger partial charge in [-0.15, -0.1) is 0 Å². The molecule has 0 aliphatic rings. The van der Waals surface area contributed by atoms with E-state index in [4.69, 9.17) is 14.3 Å². The Balaban J connectivity index is 0. The molecular formula is C9H18O4. The highest BCUT2D eigenvalue weighted by Crippen LogP contribution is 1.90. The van der Waals surface area contributed by atoms with Gasteiger partial charge in [0.25, 0.3) is 0 Å². The minimum atomic E-state index is -0.426. The van der Waals surface area contributed by atoms with E-state index < -0.39 is 5.78 Å². The Bertz CT molecular complexity index is 128. The van der Waals surface area contributed by atoms with Crippen molar-refractivity contribution in [1.29, 1.82) is 0 Å². The smallest absolute Gasteiger partial charge is 0.192 e. The molecule has 4 heteroatoms. The zero-order valence-corrected chi connectivity index (χ0v) is 8.70. The second-order valence-electron chi connectivity index (χ2n) is 2.21. The van der Waals surface area contributed by atoms with Crippen LogP contribution in [0.4, 0.5) is 0 Å². The summed E-state index contributed by atoms with van der Waals surface area (Å²) in [5, 5.41) is 0. The van der Waals surface area contributed by atoms with Crippen molar-refractivity contribution in [2.75, 3.05) is 13.2 Å². The lowest BCUT2D eigenvalue weighted by Gasteiger charge is -2.09. The molecule has 0 spiro atoms. The van der Waals surface area contributed by atoms with Crippen LogP contribution in [0.25, 0.3) is 0 Å². The highest BCUT2D eigenvalue weighted by Gasteiger charge is 1.94. The monoisotopic (exact) mass is 190 g/mol. The minimum absolute atomic E-state index is 0.0370. The molecule has 0 aromatic heterocycles. The molecule has 0 fully saturated rings. The van der Waals surface area contributed by atoms with Gasteiger partial charge in [0.05, 0.1) is 0 Å². The maximum Gasteiger partial charge on any atom is 0.192 e. The Morgan fingerprint density at radius 1 is 1.31 bits per heavy atom. The van der Waals surface area contributed by atoms with Crippen molar-refractivity contribution in [2.45, 2.75) is 34.0 Å². The van der Waals surface area contributed by atoms with Crippen molar-refractivity contribution in [3.63, 3.8) is 0 Å². The lowest BCUT2D eigenvalue weighted by Crippen LogP contribution is -2.11. The fourth-order valence-electron chi connectivity index (χ4n) is 0.518. The van der Waals surface area contributed by atoms with Crippen molar-refractivity contribution in [3.8, 4) is 0 Å². The third kappa shape index (κ3) is 18.3. The van der Waals surface area contributed by atoms with E-state index >= 15 is 0 Å².